The molecule has 0 unspecified atom stereocenters. The van der Waals surface area contributed by atoms with Gasteiger partial charge >= 0.3 is 0 Å². The van der Waals surface area contributed by atoms with Crippen molar-refractivity contribution in [2.75, 3.05) is 20.1 Å². The van der Waals surface area contributed by atoms with Crippen LogP contribution in [-0.2, 0) is 0 Å². The first-order valence-corrected chi connectivity index (χ1v) is 6.32. The largest absolute Gasteiger partial charge is 0.341 e. The number of aromatic nitrogens is 3. The Morgan fingerprint density at radius 2 is 2.21 bits per heavy atom. The average Bonchev–Trinajstić information content (AvgIpc) is 2.78. The van der Waals surface area contributed by atoms with Crippen LogP contribution < -0.4 is 5.73 Å². The second-order valence-electron chi connectivity index (χ2n) is 4.70. The maximum atomic E-state index is 12.3. The van der Waals surface area contributed by atoms with Gasteiger partial charge in [-0.3, -0.25) is 4.79 Å². The summed E-state index contributed by atoms with van der Waals surface area (Å²) in [4.78, 5) is 18.4. The number of carbonyl (C=O) groups excluding carboxylic acids is 1. The number of amides is 1. The fraction of sp³-hybridized carbons (Fsp3) is 0.462. The molecule has 2 aromatic heterocycles. The lowest BCUT2D eigenvalue weighted by atomic mass is 10.2. The molecule has 0 aliphatic carbocycles. The maximum absolute atomic E-state index is 12.3. The Bertz CT molecular complexity index is 604. The molecule has 2 aromatic rings. The van der Waals surface area contributed by atoms with Crippen LogP contribution in [0.25, 0.3) is 5.65 Å². The Morgan fingerprint density at radius 1 is 1.47 bits per heavy atom. The average molecular weight is 261 g/mol. The summed E-state index contributed by atoms with van der Waals surface area (Å²) in [5.74, 6) is -0.0686. The van der Waals surface area contributed by atoms with Crippen LogP contribution in [0.4, 0.5) is 0 Å². The molecule has 2 heterocycles. The third-order valence-electron chi connectivity index (χ3n) is 3.05. The van der Waals surface area contributed by atoms with E-state index in [9.17, 15) is 4.79 Å². The van der Waals surface area contributed by atoms with Crippen molar-refractivity contribution < 1.29 is 4.79 Å². The fourth-order valence-electron chi connectivity index (χ4n) is 2.06. The molecular weight excluding hydrogens is 242 g/mol. The van der Waals surface area contributed by atoms with Crippen molar-refractivity contribution >= 4 is 11.6 Å². The van der Waals surface area contributed by atoms with E-state index in [4.69, 9.17) is 5.73 Å². The summed E-state index contributed by atoms with van der Waals surface area (Å²) in [6.07, 6.45) is 2.36. The molecular formula is C13H19N5O. The number of nitrogens with zero attached hydrogens (tertiary/aromatic N) is 4. The highest BCUT2D eigenvalue weighted by atomic mass is 16.2. The molecule has 2 N–H and O–H groups in total. The summed E-state index contributed by atoms with van der Waals surface area (Å²) in [5.41, 5.74) is 8.45. The smallest absolute Gasteiger partial charge is 0.259 e. The van der Waals surface area contributed by atoms with Crippen molar-refractivity contribution in [3.63, 3.8) is 0 Å². The number of fused-ring (bicyclic) bond motifs is 1. The second kappa shape index (κ2) is 5.36. The minimum absolute atomic E-state index is 0.0686. The molecule has 2 rings (SSSR count). The van der Waals surface area contributed by atoms with Crippen LogP contribution in [0.15, 0.2) is 12.3 Å². The molecule has 0 atom stereocenters. The first-order valence-electron chi connectivity index (χ1n) is 6.32. The summed E-state index contributed by atoms with van der Waals surface area (Å²) >= 11 is 0. The van der Waals surface area contributed by atoms with E-state index < -0.39 is 0 Å². The SMILES string of the molecule is Cc1cc(C)n2ncc(C(=O)N(C)CCCN)c2n1. The van der Waals surface area contributed by atoms with Crippen LogP contribution in [0.2, 0.25) is 0 Å². The molecule has 6 nitrogen and oxygen atoms in total. The number of carbonyl (C=O) groups is 1. The van der Waals surface area contributed by atoms with E-state index in [0.717, 1.165) is 17.8 Å². The fourth-order valence-corrected chi connectivity index (χ4v) is 2.06. The number of nitrogens with two attached hydrogens (primary N) is 1. The highest BCUT2D eigenvalue weighted by Crippen LogP contribution is 2.13. The summed E-state index contributed by atoms with van der Waals surface area (Å²) < 4.78 is 1.69. The summed E-state index contributed by atoms with van der Waals surface area (Å²) in [6.45, 7) is 5.06. The molecule has 102 valence electrons. The van der Waals surface area contributed by atoms with Crippen molar-refractivity contribution in [1.29, 1.82) is 0 Å². The number of hydrogen-bond acceptors (Lipinski definition) is 4. The topological polar surface area (TPSA) is 76.5 Å². The molecule has 0 bridgehead atoms. The first kappa shape index (κ1) is 13.5. The molecule has 1 amide bonds. The zero-order chi connectivity index (χ0) is 14.0. The van der Waals surface area contributed by atoms with Crippen LogP contribution in [0.3, 0.4) is 0 Å². The van der Waals surface area contributed by atoms with E-state index in [2.05, 4.69) is 10.1 Å². The van der Waals surface area contributed by atoms with Crippen LogP contribution in [0.5, 0.6) is 0 Å². The lowest BCUT2D eigenvalue weighted by Crippen LogP contribution is -2.29. The van der Waals surface area contributed by atoms with Gasteiger partial charge < -0.3 is 10.6 Å². The molecule has 0 saturated carbocycles. The zero-order valence-electron chi connectivity index (χ0n) is 11.6. The Kier molecular flexibility index (Phi) is 3.80. The number of rotatable bonds is 4. The Morgan fingerprint density at radius 3 is 2.89 bits per heavy atom. The third-order valence-corrected chi connectivity index (χ3v) is 3.05. The normalized spacial score (nSPS) is 10.9. The van der Waals surface area contributed by atoms with Crippen LogP contribution in [0, 0.1) is 13.8 Å². The van der Waals surface area contributed by atoms with Gasteiger partial charge in [0.25, 0.3) is 5.91 Å². The Hall–Kier alpha value is -1.95. The monoisotopic (exact) mass is 261 g/mol. The lowest BCUT2D eigenvalue weighted by Gasteiger charge is -2.15. The molecule has 0 aliphatic heterocycles. The maximum Gasteiger partial charge on any atom is 0.259 e. The van der Waals surface area contributed by atoms with Crippen molar-refractivity contribution in [1.82, 2.24) is 19.5 Å². The van der Waals surface area contributed by atoms with Gasteiger partial charge in [0.2, 0.25) is 0 Å². The van der Waals surface area contributed by atoms with Gasteiger partial charge in [0.05, 0.1) is 6.20 Å². The van der Waals surface area contributed by atoms with Crippen molar-refractivity contribution in [3.05, 3.63) is 29.2 Å². The van der Waals surface area contributed by atoms with Crippen LogP contribution >= 0.6 is 0 Å². The van der Waals surface area contributed by atoms with Gasteiger partial charge in [0.1, 0.15) is 5.56 Å². The van der Waals surface area contributed by atoms with Gasteiger partial charge in [-0.15, -0.1) is 0 Å². The van der Waals surface area contributed by atoms with Gasteiger partial charge in [-0.05, 0) is 32.9 Å². The Labute approximate surface area is 112 Å². The molecule has 0 radical (unpaired) electrons. The van der Waals surface area contributed by atoms with Crippen LogP contribution in [0.1, 0.15) is 28.2 Å². The van der Waals surface area contributed by atoms with Gasteiger partial charge in [0, 0.05) is 25.0 Å². The molecule has 0 aliphatic rings. The van der Waals surface area contributed by atoms with Gasteiger partial charge in [-0.25, -0.2) is 9.50 Å². The minimum atomic E-state index is -0.0686. The lowest BCUT2D eigenvalue weighted by molar-refractivity contribution is 0.0796. The van der Waals surface area contributed by atoms with Crippen molar-refractivity contribution in [2.24, 2.45) is 5.73 Å². The van der Waals surface area contributed by atoms with E-state index >= 15 is 0 Å². The van der Waals surface area contributed by atoms with E-state index in [1.54, 1.807) is 22.7 Å². The van der Waals surface area contributed by atoms with Gasteiger partial charge in [-0.2, -0.15) is 5.10 Å². The highest BCUT2D eigenvalue weighted by molar-refractivity contribution is 5.99. The summed E-state index contributed by atoms with van der Waals surface area (Å²) in [7, 11) is 1.77. The predicted molar refractivity (Wildman–Crippen MR) is 73.1 cm³/mol. The van der Waals surface area contributed by atoms with Gasteiger partial charge in [0.15, 0.2) is 5.65 Å². The standard InChI is InChI=1S/C13H19N5O/c1-9-7-10(2)18-12(16-9)11(8-15-18)13(19)17(3)6-4-5-14/h7-8H,4-6,14H2,1-3H3. The predicted octanol–water partition coefficient (Wildman–Crippen LogP) is 0.767. The Balaban J connectivity index is 2.37. The quantitative estimate of drug-likeness (QED) is 0.881. The molecule has 0 aromatic carbocycles. The van der Waals surface area contributed by atoms with E-state index in [1.165, 1.54) is 0 Å². The van der Waals surface area contributed by atoms with Gasteiger partial charge in [-0.1, -0.05) is 0 Å². The van der Waals surface area contributed by atoms with Crippen molar-refractivity contribution in [3.8, 4) is 0 Å². The number of hydrogen-bond donors (Lipinski definition) is 1. The van der Waals surface area contributed by atoms with E-state index in [0.29, 0.717) is 24.3 Å². The minimum Gasteiger partial charge on any atom is -0.341 e. The zero-order valence-corrected chi connectivity index (χ0v) is 11.6. The van der Waals surface area contributed by atoms with Crippen molar-refractivity contribution in [2.45, 2.75) is 20.3 Å². The third kappa shape index (κ3) is 2.58. The molecule has 0 saturated heterocycles. The first-order chi connectivity index (χ1) is 9.04. The molecule has 0 spiro atoms. The molecule has 0 fully saturated rings. The van der Waals surface area contributed by atoms with E-state index in [-0.39, 0.29) is 5.91 Å². The summed E-state index contributed by atoms with van der Waals surface area (Å²) in [6, 6.07) is 1.94. The van der Waals surface area contributed by atoms with Crippen LogP contribution in [-0.4, -0.2) is 45.5 Å². The molecule has 19 heavy (non-hydrogen) atoms. The summed E-state index contributed by atoms with van der Waals surface area (Å²) in [5, 5.41) is 4.23. The molecule has 6 heteroatoms. The van der Waals surface area contributed by atoms with E-state index in [1.807, 2.05) is 19.9 Å². The second-order valence-corrected chi connectivity index (χ2v) is 4.70. The number of aryl methyl sites for hydroxylation is 2. The highest BCUT2D eigenvalue weighted by Gasteiger charge is 2.18.